The lowest BCUT2D eigenvalue weighted by Gasteiger charge is -2.13. The molecule has 2 heterocycles. The fraction of sp³-hybridized carbons (Fsp3) is 0.208. The molecule has 2 aromatic carbocycles. The minimum atomic E-state index is -0.365. The lowest BCUT2D eigenvalue weighted by molar-refractivity contribution is -0.142. The second-order valence-electron chi connectivity index (χ2n) is 6.90. The van der Waals surface area contributed by atoms with Crippen molar-refractivity contribution >= 4 is 28.8 Å². The summed E-state index contributed by atoms with van der Waals surface area (Å²) in [6, 6.07) is 16.2. The maximum Gasteiger partial charge on any atom is 0.319 e. The third-order valence-electron chi connectivity index (χ3n) is 4.91. The number of esters is 1. The first kappa shape index (κ1) is 21.1. The van der Waals surface area contributed by atoms with Crippen LogP contribution in [0.2, 0.25) is 0 Å². The van der Waals surface area contributed by atoms with Crippen LogP contribution in [0.4, 0.5) is 4.39 Å². The van der Waals surface area contributed by atoms with E-state index < -0.39 is 0 Å². The molecule has 0 saturated carbocycles. The summed E-state index contributed by atoms with van der Waals surface area (Å²) in [5, 5.41) is 1.20. The van der Waals surface area contributed by atoms with E-state index in [9.17, 15) is 9.18 Å². The SMILES string of the molecule is CCOC(=O)[C@H](CC)Sc1ncnc2c1c(-c1ccccc1)cn2-c1ccc(F)cc1. The highest BCUT2D eigenvalue weighted by molar-refractivity contribution is 8.00. The Morgan fingerprint density at radius 2 is 1.84 bits per heavy atom. The number of rotatable bonds is 7. The lowest BCUT2D eigenvalue weighted by Crippen LogP contribution is -2.19. The van der Waals surface area contributed by atoms with E-state index in [1.807, 2.05) is 48.0 Å². The number of ether oxygens (including phenoxy) is 1. The van der Waals surface area contributed by atoms with Gasteiger partial charge in [-0.15, -0.1) is 0 Å². The van der Waals surface area contributed by atoms with Crippen molar-refractivity contribution in [3.05, 3.63) is 72.9 Å². The van der Waals surface area contributed by atoms with Crippen molar-refractivity contribution in [2.45, 2.75) is 30.5 Å². The summed E-state index contributed by atoms with van der Waals surface area (Å²) in [5.74, 6) is -0.546. The molecule has 4 rings (SSSR count). The Morgan fingerprint density at radius 1 is 1.10 bits per heavy atom. The van der Waals surface area contributed by atoms with Crippen molar-refractivity contribution in [3.8, 4) is 16.8 Å². The van der Waals surface area contributed by atoms with Gasteiger partial charge in [-0.2, -0.15) is 0 Å². The van der Waals surface area contributed by atoms with Crippen LogP contribution in [0.5, 0.6) is 0 Å². The molecule has 0 amide bonds. The minimum Gasteiger partial charge on any atom is -0.465 e. The number of thioether (sulfide) groups is 1. The number of benzene rings is 2. The first-order valence-electron chi connectivity index (χ1n) is 10.1. The van der Waals surface area contributed by atoms with Gasteiger partial charge in [0.1, 0.15) is 28.1 Å². The van der Waals surface area contributed by atoms with Crippen molar-refractivity contribution in [3.63, 3.8) is 0 Å². The number of hydrogen-bond acceptors (Lipinski definition) is 5. The van der Waals surface area contributed by atoms with Crippen molar-refractivity contribution in [2.24, 2.45) is 0 Å². The maximum atomic E-state index is 13.5. The molecule has 2 aromatic heterocycles. The minimum absolute atomic E-state index is 0.249. The van der Waals surface area contributed by atoms with Gasteiger partial charge in [-0.05, 0) is 43.2 Å². The quantitative estimate of drug-likeness (QED) is 0.213. The molecule has 7 heteroatoms. The molecule has 0 spiro atoms. The van der Waals surface area contributed by atoms with Crippen LogP contribution in [0.1, 0.15) is 20.3 Å². The van der Waals surface area contributed by atoms with Gasteiger partial charge in [-0.1, -0.05) is 49.0 Å². The molecular weight excluding hydrogens is 413 g/mol. The maximum absolute atomic E-state index is 13.5. The lowest BCUT2D eigenvalue weighted by atomic mass is 10.1. The zero-order chi connectivity index (χ0) is 21.8. The van der Waals surface area contributed by atoms with E-state index in [0.717, 1.165) is 22.2 Å². The van der Waals surface area contributed by atoms with E-state index in [4.69, 9.17) is 4.74 Å². The molecule has 0 aliphatic carbocycles. The van der Waals surface area contributed by atoms with Gasteiger partial charge >= 0.3 is 5.97 Å². The molecule has 0 unspecified atom stereocenters. The number of halogens is 1. The van der Waals surface area contributed by atoms with Gasteiger partial charge in [0.2, 0.25) is 0 Å². The van der Waals surface area contributed by atoms with E-state index >= 15 is 0 Å². The van der Waals surface area contributed by atoms with E-state index in [2.05, 4.69) is 9.97 Å². The van der Waals surface area contributed by atoms with Gasteiger partial charge in [0.25, 0.3) is 0 Å². The van der Waals surface area contributed by atoms with Crippen molar-refractivity contribution in [2.75, 3.05) is 6.61 Å². The summed E-state index contributed by atoms with van der Waals surface area (Å²) >= 11 is 1.39. The standard InChI is InChI=1S/C24H22FN3O2S/c1-3-20(24(29)30-4-2)31-23-21-19(16-8-6-5-7-9-16)14-28(22(21)26-15-27-23)18-12-10-17(25)11-13-18/h5-15,20H,3-4H2,1-2H3/t20-/m0/s1. The number of carbonyl (C=O) groups excluding carboxylic acids is 1. The molecule has 158 valence electrons. The van der Waals surface area contributed by atoms with Gasteiger partial charge in [0.15, 0.2) is 0 Å². The highest BCUT2D eigenvalue weighted by atomic mass is 32.2. The van der Waals surface area contributed by atoms with Crippen LogP contribution in [0, 0.1) is 5.82 Å². The highest BCUT2D eigenvalue weighted by Gasteiger charge is 2.24. The number of carbonyl (C=O) groups is 1. The Kier molecular flexibility index (Phi) is 6.32. The Morgan fingerprint density at radius 3 is 2.52 bits per heavy atom. The van der Waals surface area contributed by atoms with Crippen LogP contribution in [0.25, 0.3) is 27.8 Å². The molecule has 0 bridgehead atoms. The number of fused-ring (bicyclic) bond motifs is 1. The summed E-state index contributed by atoms with van der Waals surface area (Å²) in [4.78, 5) is 21.4. The second kappa shape index (κ2) is 9.31. The van der Waals surface area contributed by atoms with Gasteiger partial charge in [0.05, 0.1) is 12.0 Å². The largest absolute Gasteiger partial charge is 0.465 e. The molecule has 1 atom stereocenters. The Bertz CT molecular complexity index is 1190. The van der Waals surface area contributed by atoms with Crippen LogP contribution in [0.15, 0.2) is 72.1 Å². The van der Waals surface area contributed by atoms with E-state index in [0.29, 0.717) is 23.7 Å². The van der Waals surface area contributed by atoms with E-state index in [1.54, 1.807) is 19.1 Å². The molecule has 5 nitrogen and oxygen atoms in total. The zero-order valence-corrected chi connectivity index (χ0v) is 18.1. The van der Waals surface area contributed by atoms with Crippen LogP contribution in [0.3, 0.4) is 0 Å². The summed E-state index contributed by atoms with van der Waals surface area (Å²) in [7, 11) is 0. The third kappa shape index (κ3) is 4.32. The van der Waals surface area contributed by atoms with E-state index in [1.165, 1.54) is 30.2 Å². The van der Waals surface area contributed by atoms with Crippen LogP contribution < -0.4 is 0 Å². The van der Waals surface area contributed by atoms with Crippen molar-refractivity contribution in [1.29, 1.82) is 0 Å². The van der Waals surface area contributed by atoms with Crippen molar-refractivity contribution < 1.29 is 13.9 Å². The zero-order valence-electron chi connectivity index (χ0n) is 17.3. The third-order valence-corrected chi connectivity index (χ3v) is 6.26. The number of aromatic nitrogens is 3. The highest BCUT2D eigenvalue weighted by Crippen LogP contribution is 2.38. The van der Waals surface area contributed by atoms with Crippen LogP contribution in [-0.4, -0.2) is 32.4 Å². The summed E-state index contributed by atoms with van der Waals surface area (Å²) in [5.41, 5.74) is 3.44. The fourth-order valence-electron chi connectivity index (χ4n) is 3.43. The number of nitrogens with zero attached hydrogens (tertiary/aromatic N) is 3. The predicted octanol–water partition coefficient (Wildman–Crippen LogP) is 5.66. The Labute approximate surface area is 184 Å². The molecular formula is C24H22FN3O2S. The predicted molar refractivity (Wildman–Crippen MR) is 121 cm³/mol. The normalized spacial score (nSPS) is 12.1. The van der Waals surface area contributed by atoms with Gasteiger partial charge < -0.3 is 9.30 Å². The summed E-state index contributed by atoms with van der Waals surface area (Å²) < 4.78 is 20.7. The summed E-state index contributed by atoms with van der Waals surface area (Å²) in [6.45, 7) is 4.09. The van der Waals surface area contributed by atoms with Crippen molar-refractivity contribution in [1.82, 2.24) is 14.5 Å². The molecule has 31 heavy (non-hydrogen) atoms. The molecule has 0 saturated heterocycles. The average molecular weight is 436 g/mol. The molecule has 0 aliphatic rings. The second-order valence-corrected chi connectivity index (χ2v) is 8.09. The average Bonchev–Trinajstić information content (AvgIpc) is 3.19. The van der Waals surface area contributed by atoms with Gasteiger partial charge in [-0.3, -0.25) is 4.79 Å². The fourth-order valence-corrected chi connectivity index (χ4v) is 4.45. The van der Waals surface area contributed by atoms with Crippen LogP contribution in [-0.2, 0) is 9.53 Å². The summed E-state index contributed by atoms with van der Waals surface area (Å²) in [6.07, 6.45) is 4.10. The molecule has 0 aliphatic heterocycles. The Hall–Kier alpha value is -3.19. The van der Waals surface area contributed by atoms with Gasteiger partial charge in [-0.25, -0.2) is 14.4 Å². The molecule has 0 radical (unpaired) electrons. The van der Waals surface area contributed by atoms with E-state index in [-0.39, 0.29) is 17.0 Å². The first-order chi connectivity index (χ1) is 15.1. The first-order valence-corrected chi connectivity index (χ1v) is 11.0. The van der Waals surface area contributed by atoms with Gasteiger partial charge in [0, 0.05) is 17.4 Å². The van der Waals surface area contributed by atoms with Crippen LogP contribution >= 0.6 is 11.8 Å². The topological polar surface area (TPSA) is 57.0 Å². The molecule has 0 N–H and O–H groups in total. The molecule has 0 fully saturated rings. The Balaban J connectivity index is 1.90. The smallest absolute Gasteiger partial charge is 0.319 e. The monoisotopic (exact) mass is 435 g/mol. The molecule has 4 aromatic rings. The number of hydrogen-bond donors (Lipinski definition) is 0.